The van der Waals surface area contributed by atoms with Crippen molar-refractivity contribution >= 4 is 28.7 Å². The summed E-state index contributed by atoms with van der Waals surface area (Å²) in [7, 11) is 1.73. The van der Waals surface area contributed by atoms with Gasteiger partial charge in [-0.3, -0.25) is 18.7 Å². The number of para-hydroxylation sites is 2. The Morgan fingerprint density at radius 1 is 1.08 bits per heavy atom. The standard InChI is InChI=1S/C29H33N5O3S/c1-4-25(38-29-30-19(2)22(26(35)32(29)3)18-20-10-6-5-7-11-20)27(36)33-16-14-21(15-17-33)34-24-13-9-8-12-23(24)31-28(34)37/h5-13,21,25H,4,14-18H2,1-3H3,(H,31,37). The van der Waals surface area contributed by atoms with E-state index >= 15 is 0 Å². The summed E-state index contributed by atoms with van der Waals surface area (Å²) in [4.78, 5) is 48.9. The van der Waals surface area contributed by atoms with Gasteiger partial charge in [-0.1, -0.05) is 61.2 Å². The van der Waals surface area contributed by atoms with E-state index in [1.165, 1.54) is 11.8 Å². The van der Waals surface area contributed by atoms with Crippen molar-refractivity contribution in [1.29, 1.82) is 0 Å². The molecule has 38 heavy (non-hydrogen) atoms. The molecule has 3 heterocycles. The maximum absolute atomic E-state index is 13.5. The lowest BCUT2D eigenvalue weighted by Crippen LogP contribution is -2.44. The van der Waals surface area contributed by atoms with Crippen molar-refractivity contribution in [2.24, 2.45) is 7.05 Å². The van der Waals surface area contributed by atoms with E-state index in [-0.39, 0.29) is 28.4 Å². The van der Waals surface area contributed by atoms with Gasteiger partial charge >= 0.3 is 5.69 Å². The molecule has 198 valence electrons. The summed E-state index contributed by atoms with van der Waals surface area (Å²) in [5.74, 6) is 0.0579. The van der Waals surface area contributed by atoms with Gasteiger partial charge < -0.3 is 9.88 Å². The van der Waals surface area contributed by atoms with Crippen molar-refractivity contribution in [1.82, 2.24) is 24.0 Å². The van der Waals surface area contributed by atoms with E-state index in [1.54, 1.807) is 11.6 Å². The molecule has 1 fully saturated rings. The van der Waals surface area contributed by atoms with Crippen molar-refractivity contribution in [3.8, 4) is 0 Å². The Labute approximate surface area is 225 Å². The zero-order valence-corrected chi connectivity index (χ0v) is 22.8. The van der Waals surface area contributed by atoms with Gasteiger partial charge in [-0.2, -0.15) is 0 Å². The summed E-state index contributed by atoms with van der Waals surface area (Å²) < 4.78 is 3.41. The highest BCUT2D eigenvalue weighted by Crippen LogP contribution is 2.29. The quantitative estimate of drug-likeness (QED) is 0.287. The highest BCUT2D eigenvalue weighted by molar-refractivity contribution is 8.00. The monoisotopic (exact) mass is 531 g/mol. The number of nitrogens with zero attached hydrogens (tertiary/aromatic N) is 4. The first-order valence-corrected chi connectivity index (χ1v) is 14.0. The maximum Gasteiger partial charge on any atom is 0.326 e. The average molecular weight is 532 g/mol. The Morgan fingerprint density at radius 3 is 2.47 bits per heavy atom. The molecule has 5 rings (SSSR count). The molecule has 1 aliphatic rings. The summed E-state index contributed by atoms with van der Waals surface area (Å²) in [5.41, 5.74) is 4.01. The molecule has 1 N–H and O–H groups in total. The van der Waals surface area contributed by atoms with Crippen molar-refractivity contribution < 1.29 is 4.79 Å². The molecule has 0 saturated carbocycles. The Morgan fingerprint density at radius 2 is 1.76 bits per heavy atom. The number of piperidine rings is 1. The molecule has 2 aromatic heterocycles. The normalized spacial score (nSPS) is 15.2. The van der Waals surface area contributed by atoms with Crippen LogP contribution in [0, 0.1) is 6.92 Å². The molecule has 9 heteroatoms. The van der Waals surface area contributed by atoms with Crippen LogP contribution in [0.15, 0.2) is 69.3 Å². The maximum atomic E-state index is 13.5. The minimum absolute atomic E-state index is 0.0535. The molecular weight excluding hydrogens is 498 g/mol. The van der Waals surface area contributed by atoms with Crippen LogP contribution in [0.25, 0.3) is 11.0 Å². The van der Waals surface area contributed by atoms with Gasteiger partial charge in [0.1, 0.15) is 0 Å². The predicted octanol–water partition coefficient (Wildman–Crippen LogP) is 4.06. The van der Waals surface area contributed by atoms with Crippen LogP contribution in [0.1, 0.15) is 49.0 Å². The number of likely N-dealkylation sites (tertiary alicyclic amines) is 1. The molecule has 1 aliphatic heterocycles. The number of imidazole rings is 1. The number of benzene rings is 2. The smallest absolute Gasteiger partial charge is 0.326 e. The van der Waals surface area contributed by atoms with E-state index in [9.17, 15) is 14.4 Å². The number of amides is 1. The fourth-order valence-electron chi connectivity index (χ4n) is 5.26. The second-order valence-corrected chi connectivity index (χ2v) is 11.0. The van der Waals surface area contributed by atoms with Crippen molar-refractivity contribution in [3.05, 3.63) is 92.3 Å². The Kier molecular flexibility index (Phi) is 7.56. The number of nitrogens with one attached hydrogen (secondary N) is 1. The van der Waals surface area contributed by atoms with Gasteiger partial charge in [0.05, 0.1) is 16.3 Å². The first-order chi connectivity index (χ1) is 18.4. The zero-order valence-electron chi connectivity index (χ0n) is 22.0. The summed E-state index contributed by atoms with van der Waals surface area (Å²) in [6.07, 6.45) is 2.60. The van der Waals surface area contributed by atoms with E-state index in [1.807, 2.05) is 77.9 Å². The van der Waals surface area contributed by atoms with Crippen LogP contribution >= 0.6 is 11.8 Å². The number of aromatic amines is 1. The average Bonchev–Trinajstić information content (AvgIpc) is 3.28. The van der Waals surface area contributed by atoms with Crippen LogP contribution in [-0.2, 0) is 18.3 Å². The topological polar surface area (TPSA) is 93.0 Å². The van der Waals surface area contributed by atoms with E-state index < -0.39 is 0 Å². The Balaban J connectivity index is 1.28. The summed E-state index contributed by atoms with van der Waals surface area (Å²) in [6, 6.07) is 17.7. The second kappa shape index (κ2) is 11.0. The molecule has 0 aliphatic carbocycles. The van der Waals surface area contributed by atoms with Crippen LogP contribution in [-0.4, -0.2) is 48.2 Å². The van der Waals surface area contributed by atoms with Gasteiger partial charge in [-0.25, -0.2) is 9.78 Å². The zero-order chi connectivity index (χ0) is 26.8. The minimum Gasteiger partial charge on any atom is -0.342 e. The number of hydrogen-bond donors (Lipinski definition) is 1. The van der Waals surface area contributed by atoms with E-state index in [2.05, 4.69) is 4.98 Å². The van der Waals surface area contributed by atoms with Crippen LogP contribution in [0.4, 0.5) is 0 Å². The van der Waals surface area contributed by atoms with Gasteiger partial charge in [0, 0.05) is 43.9 Å². The first kappa shape index (κ1) is 26.0. The largest absolute Gasteiger partial charge is 0.342 e. The third-order valence-electron chi connectivity index (χ3n) is 7.43. The van der Waals surface area contributed by atoms with E-state index in [0.29, 0.717) is 42.3 Å². The third-order valence-corrected chi connectivity index (χ3v) is 8.83. The summed E-state index contributed by atoms with van der Waals surface area (Å²) in [5, 5.41) is 0.226. The molecule has 0 bridgehead atoms. The molecular formula is C29H33N5O3S. The molecule has 1 saturated heterocycles. The lowest BCUT2D eigenvalue weighted by Gasteiger charge is -2.34. The third kappa shape index (κ3) is 5.07. The Hall–Kier alpha value is -3.59. The molecule has 8 nitrogen and oxygen atoms in total. The van der Waals surface area contributed by atoms with Gasteiger partial charge in [0.25, 0.3) is 5.56 Å². The SMILES string of the molecule is CCC(Sc1nc(C)c(Cc2ccccc2)c(=O)n1C)C(=O)N1CCC(n2c(=O)[nH]c3ccccc32)CC1. The molecule has 1 unspecified atom stereocenters. The van der Waals surface area contributed by atoms with Crippen molar-refractivity contribution in [2.75, 3.05) is 13.1 Å². The number of H-pyrrole nitrogens is 1. The number of carbonyl (C=O) groups is 1. The molecule has 4 aromatic rings. The van der Waals surface area contributed by atoms with Crippen LogP contribution in [0.5, 0.6) is 0 Å². The van der Waals surface area contributed by atoms with Gasteiger partial charge in [0.2, 0.25) is 5.91 Å². The number of fused-ring (bicyclic) bond motifs is 1. The first-order valence-electron chi connectivity index (χ1n) is 13.1. The number of aryl methyl sites for hydroxylation is 1. The highest BCUT2D eigenvalue weighted by atomic mass is 32.2. The number of rotatable bonds is 7. The Bertz CT molecular complexity index is 1560. The number of hydrogen-bond acceptors (Lipinski definition) is 5. The summed E-state index contributed by atoms with van der Waals surface area (Å²) in [6.45, 7) is 5.04. The molecule has 0 radical (unpaired) electrons. The van der Waals surface area contributed by atoms with Crippen molar-refractivity contribution in [3.63, 3.8) is 0 Å². The highest BCUT2D eigenvalue weighted by Gasteiger charge is 2.31. The lowest BCUT2D eigenvalue weighted by molar-refractivity contribution is -0.131. The molecule has 2 aromatic carbocycles. The van der Waals surface area contributed by atoms with Crippen LogP contribution < -0.4 is 11.2 Å². The van der Waals surface area contributed by atoms with Gasteiger partial charge in [0.15, 0.2) is 5.16 Å². The number of thioether (sulfide) groups is 1. The minimum atomic E-state index is -0.333. The molecule has 1 atom stereocenters. The predicted molar refractivity (Wildman–Crippen MR) is 151 cm³/mol. The van der Waals surface area contributed by atoms with Gasteiger partial charge in [-0.05, 0) is 43.9 Å². The fourth-order valence-corrected chi connectivity index (χ4v) is 6.36. The van der Waals surface area contributed by atoms with E-state index in [0.717, 1.165) is 29.4 Å². The fraction of sp³-hybridized carbons (Fsp3) is 0.379. The summed E-state index contributed by atoms with van der Waals surface area (Å²) >= 11 is 1.36. The number of carbonyl (C=O) groups excluding carboxylic acids is 1. The van der Waals surface area contributed by atoms with Crippen LogP contribution in [0.2, 0.25) is 0 Å². The molecule has 1 amide bonds. The van der Waals surface area contributed by atoms with Crippen LogP contribution in [0.3, 0.4) is 0 Å². The van der Waals surface area contributed by atoms with E-state index in [4.69, 9.17) is 4.98 Å². The molecule has 0 spiro atoms. The number of aromatic nitrogens is 4. The van der Waals surface area contributed by atoms with Crippen molar-refractivity contribution in [2.45, 2.75) is 56.0 Å². The van der Waals surface area contributed by atoms with Gasteiger partial charge in [-0.15, -0.1) is 0 Å². The second-order valence-electron chi connectivity index (χ2n) is 9.87. The lowest BCUT2D eigenvalue weighted by atomic mass is 10.0.